The molecule has 0 spiro atoms. The monoisotopic (exact) mass is 330 g/mol. The van der Waals surface area contributed by atoms with Crippen LogP contribution in [0.4, 0.5) is 11.8 Å². The molecule has 2 rings (SSSR count). The molecule has 0 saturated carbocycles. The Balaban J connectivity index is 2.14. The Labute approximate surface area is 121 Å². The van der Waals surface area contributed by atoms with Crippen LogP contribution in [0, 0.1) is 0 Å². The van der Waals surface area contributed by atoms with Gasteiger partial charge in [-0.1, -0.05) is 13.8 Å². The zero-order chi connectivity index (χ0) is 13.0. The Morgan fingerprint density at radius 3 is 3.17 bits per heavy atom. The third-order valence-corrected chi connectivity index (χ3v) is 4.50. The van der Waals surface area contributed by atoms with Crippen LogP contribution in [0.25, 0.3) is 0 Å². The lowest BCUT2D eigenvalue weighted by Crippen LogP contribution is -2.37. The molecule has 18 heavy (non-hydrogen) atoms. The van der Waals surface area contributed by atoms with Crippen LogP contribution in [0.5, 0.6) is 0 Å². The number of rotatable bonds is 4. The molecule has 0 aliphatic carbocycles. The van der Waals surface area contributed by atoms with Gasteiger partial charge in [-0.3, -0.25) is 0 Å². The number of halogens is 1. The molecule has 1 saturated heterocycles. The van der Waals surface area contributed by atoms with Crippen molar-refractivity contribution in [2.24, 2.45) is 0 Å². The Morgan fingerprint density at radius 1 is 1.61 bits per heavy atom. The van der Waals surface area contributed by atoms with E-state index in [-0.39, 0.29) is 0 Å². The SMILES string of the molecule is CCCNc1ncc(Br)c(N2CCSC(C)C2)n1. The number of hydrogen-bond acceptors (Lipinski definition) is 5. The van der Waals surface area contributed by atoms with Crippen LogP contribution in [0.2, 0.25) is 0 Å². The summed E-state index contributed by atoms with van der Waals surface area (Å²) in [7, 11) is 0. The first-order valence-electron chi connectivity index (χ1n) is 6.33. The molecule has 1 aromatic rings. The zero-order valence-corrected chi connectivity index (χ0v) is 13.2. The van der Waals surface area contributed by atoms with Crippen LogP contribution in [0.3, 0.4) is 0 Å². The van der Waals surface area contributed by atoms with Gasteiger partial charge in [0.2, 0.25) is 5.95 Å². The van der Waals surface area contributed by atoms with E-state index in [2.05, 4.69) is 50.0 Å². The summed E-state index contributed by atoms with van der Waals surface area (Å²) in [5.41, 5.74) is 0. The minimum Gasteiger partial charge on any atom is -0.354 e. The molecule has 1 N–H and O–H groups in total. The first-order chi connectivity index (χ1) is 8.70. The fourth-order valence-electron chi connectivity index (χ4n) is 1.91. The normalized spacial score (nSPS) is 19.9. The second-order valence-electron chi connectivity index (χ2n) is 4.42. The van der Waals surface area contributed by atoms with E-state index in [1.807, 2.05) is 18.0 Å². The minimum atomic E-state index is 0.660. The predicted molar refractivity (Wildman–Crippen MR) is 82.6 cm³/mol. The summed E-state index contributed by atoms with van der Waals surface area (Å²) in [6.07, 6.45) is 2.92. The van der Waals surface area contributed by atoms with Gasteiger partial charge in [-0.15, -0.1) is 0 Å². The Bertz CT molecular complexity index is 402. The maximum absolute atomic E-state index is 4.62. The zero-order valence-electron chi connectivity index (χ0n) is 10.8. The maximum atomic E-state index is 4.62. The Morgan fingerprint density at radius 2 is 2.44 bits per heavy atom. The highest BCUT2D eigenvalue weighted by Gasteiger charge is 2.20. The standard InChI is InChI=1S/C12H19BrN4S/c1-3-4-14-12-15-7-10(13)11(16-12)17-5-6-18-9(2)8-17/h7,9H,3-6,8H2,1-2H3,(H,14,15,16). The predicted octanol–water partition coefficient (Wildman–Crippen LogP) is 3.00. The Hall–Kier alpha value is -0.490. The van der Waals surface area contributed by atoms with E-state index < -0.39 is 0 Å². The Kier molecular flexibility index (Phi) is 5.12. The molecule has 0 aromatic carbocycles. The third kappa shape index (κ3) is 3.51. The number of hydrogen-bond donors (Lipinski definition) is 1. The molecule has 100 valence electrons. The lowest BCUT2D eigenvalue weighted by Gasteiger charge is -2.32. The smallest absolute Gasteiger partial charge is 0.224 e. The van der Waals surface area contributed by atoms with Gasteiger partial charge in [0.25, 0.3) is 0 Å². The van der Waals surface area contributed by atoms with Crippen molar-refractivity contribution in [2.75, 3.05) is 35.6 Å². The van der Waals surface area contributed by atoms with Crippen molar-refractivity contribution < 1.29 is 0 Å². The van der Waals surface area contributed by atoms with Crippen molar-refractivity contribution in [3.8, 4) is 0 Å². The van der Waals surface area contributed by atoms with Crippen molar-refractivity contribution >= 4 is 39.5 Å². The highest BCUT2D eigenvalue weighted by molar-refractivity contribution is 9.10. The summed E-state index contributed by atoms with van der Waals surface area (Å²) in [5.74, 6) is 2.90. The molecule has 6 heteroatoms. The molecule has 0 bridgehead atoms. The number of thioether (sulfide) groups is 1. The number of aromatic nitrogens is 2. The second-order valence-corrected chi connectivity index (χ2v) is 6.82. The van der Waals surface area contributed by atoms with E-state index in [4.69, 9.17) is 0 Å². The summed E-state index contributed by atoms with van der Waals surface area (Å²) >= 11 is 5.58. The van der Waals surface area contributed by atoms with E-state index in [1.165, 1.54) is 0 Å². The average molecular weight is 331 g/mol. The van der Waals surface area contributed by atoms with E-state index >= 15 is 0 Å². The molecule has 4 nitrogen and oxygen atoms in total. The second kappa shape index (κ2) is 6.61. The molecule has 1 unspecified atom stereocenters. The molecule has 0 amide bonds. The van der Waals surface area contributed by atoms with Crippen molar-refractivity contribution in [2.45, 2.75) is 25.5 Å². The summed E-state index contributed by atoms with van der Waals surface area (Å²) in [6.45, 7) is 7.41. The molecule has 0 radical (unpaired) electrons. The summed E-state index contributed by atoms with van der Waals surface area (Å²) < 4.78 is 0.976. The largest absolute Gasteiger partial charge is 0.354 e. The molecule has 1 aliphatic heterocycles. The average Bonchev–Trinajstić information content (AvgIpc) is 2.38. The number of nitrogens with one attached hydrogen (secondary N) is 1. The third-order valence-electron chi connectivity index (χ3n) is 2.80. The highest BCUT2D eigenvalue weighted by atomic mass is 79.9. The molecular formula is C12H19BrN4S. The van der Waals surface area contributed by atoms with E-state index in [0.29, 0.717) is 5.25 Å². The van der Waals surface area contributed by atoms with Gasteiger partial charge in [-0.05, 0) is 22.4 Å². The van der Waals surface area contributed by atoms with Gasteiger partial charge < -0.3 is 10.2 Å². The summed E-state index contributed by atoms with van der Waals surface area (Å²) in [6, 6.07) is 0. The van der Waals surface area contributed by atoms with E-state index in [0.717, 1.165) is 48.0 Å². The molecule has 1 aliphatic rings. The number of nitrogens with zero attached hydrogens (tertiary/aromatic N) is 3. The quantitative estimate of drug-likeness (QED) is 0.919. The van der Waals surface area contributed by atoms with Gasteiger partial charge in [0.1, 0.15) is 5.82 Å². The van der Waals surface area contributed by atoms with Gasteiger partial charge in [-0.2, -0.15) is 16.7 Å². The maximum Gasteiger partial charge on any atom is 0.224 e. The van der Waals surface area contributed by atoms with Crippen LogP contribution >= 0.6 is 27.7 Å². The van der Waals surface area contributed by atoms with Crippen LogP contribution in [-0.2, 0) is 0 Å². The van der Waals surface area contributed by atoms with Crippen molar-refractivity contribution in [3.63, 3.8) is 0 Å². The van der Waals surface area contributed by atoms with Crippen molar-refractivity contribution in [1.29, 1.82) is 0 Å². The summed E-state index contributed by atoms with van der Waals surface area (Å²) in [5, 5.41) is 3.90. The van der Waals surface area contributed by atoms with E-state index in [9.17, 15) is 0 Å². The first kappa shape index (κ1) is 13.9. The van der Waals surface area contributed by atoms with Crippen molar-refractivity contribution in [3.05, 3.63) is 10.7 Å². The first-order valence-corrected chi connectivity index (χ1v) is 8.18. The fraction of sp³-hybridized carbons (Fsp3) is 0.667. The lowest BCUT2D eigenvalue weighted by atomic mass is 10.3. The van der Waals surface area contributed by atoms with Gasteiger partial charge in [0.05, 0.1) is 4.47 Å². The molecule has 1 fully saturated rings. The van der Waals surface area contributed by atoms with Crippen molar-refractivity contribution in [1.82, 2.24) is 9.97 Å². The van der Waals surface area contributed by atoms with Crippen LogP contribution < -0.4 is 10.2 Å². The lowest BCUT2D eigenvalue weighted by molar-refractivity contribution is 0.765. The molecule has 1 atom stereocenters. The molecule has 1 aromatic heterocycles. The van der Waals surface area contributed by atoms with Gasteiger partial charge in [-0.25, -0.2) is 4.98 Å². The van der Waals surface area contributed by atoms with Gasteiger partial charge in [0, 0.05) is 36.8 Å². The van der Waals surface area contributed by atoms with Crippen LogP contribution in [-0.4, -0.2) is 40.6 Å². The number of anilines is 2. The van der Waals surface area contributed by atoms with Gasteiger partial charge in [0.15, 0.2) is 0 Å². The fourth-order valence-corrected chi connectivity index (χ4v) is 3.37. The summed E-state index contributed by atoms with van der Waals surface area (Å²) in [4.78, 5) is 11.2. The molecule has 2 heterocycles. The minimum absolute atomic E-state index is 0.660. The topological polar surface area (TPSA) is 41.1 Å². The van der Waals surface area contributed by atoms with Crippen LogP contribution in [0.15, 0.2) is 10.7 Å². The highest BCUT2D eigenvalue weighted by Crippen LogP contribution is 2.28. The molecular weight excluding hydrogens is 312 g/mol. The van der Waals surface area contributed by atoms with E-state index in [1.54, 1.807) is 0 Å². The van der Waals surface area contributed by atoms with Crippen LogP contribution in [0.1, 0.15) is 20.3 Å². The van der Waals surface area contributed by atoms with Gasteiger partial charge >= 0.3 is 0 Å².